The molecule has 0 fully saturated rings. The highest BCUT2D eigenvalue weighted by molar-refractivity contribution is 5.81. The molecule has 0 spiro atoms. The van der Waals surface area contributed by atoms with Crippen molar-refractivity contribution in [2.45, 2.75) is 51.6 Å². The molecule has 0 amide bonds. The Morgan fingerprint density at radius 2 is 1.67 bits per heavy atom. The van der Waals surface area contributed by atoms with E-state index in [1.807, 2.05) is 0 Å². The molecule has 4 heteroatoms. The van der Waals surface area contributed by atoms with Crippen LogP contribution >= 0.6 is 0 Å². The minimum absolute atomic E-state index is 0.0340. The molecule has 1 unspecified atom stereocenters. The molecular formula is C11H22N2O2. The maximum Gasteiger partial charge on any atom is 0.146 e. The lowest BCUT2D eigenvalue weighted by atomic mass is 10.0. The van der Waals surface area contributed by atoms with E-state index >= 15 is 0 Å². The molecule has 0 aliphatic carbocycles. The van der Waals surface area contributed by atoms with Crippen LogP contribution in [0.3, 0.4) is 0 Å². The zero-order valence-electron chi connectivity index (χ0n) is 9.88. The fourth-order valence-corrected chi connectivity index (χ4v) is 1.47. The Morgan fingerprint density at radius 3 is 2.07 bits per heavy atom. The van der Waals surface area contributed by atoms with Crippen LogP contribution in [-0.2, 0) is 9.59 Å². The van der Waals surface area contributed by atoms with Crippen LogP contribution < -0.4 is 11.1 Å². The van der Waals surface area contributed by atoms with Crippen LogP contribution in [0.5, 0.6) is 0 Å². The number of ketones is 2. The number of unbranched alkanes of at least 4 members (excludes halogenated alkanes) is 1. The normalized spacial score (nSPS) is 14.7. The van der Waals surface area contributed by atoms with Crippen molar-refractivity contribution < 1.29 is 9.59 Å². The summed E-state index contributed by atoms with van der Waals surface area (Å²) in [7, 11) is 1.79. The molecule has 0 bridgehead atoms. The second-order valence-electron chi connectivity index (χ2n) is 3.95. The Morgan fingerprint density at radius 1 is 1.13 bits per heavy atom. The molecule has 3 N–H and O–H groups in total. The van der Waals surface area contributed by atoms with Crippen molar-refractivity contribution in [3.05, 3.63) is 0 Å². The van der Waals surface area contributed by atoms with E-state index < -0.39 is 0 Å². The maximum atomic E-state index is 11.1. The summed E-state index contributed by atoms with van der Waals surface area (Å²) in [6, 6.07) is -0.395. The number of carbonyl (C=O) groups is 2. The summed E-state index contributed by atoms with van der Waals surface area (Å²) < 4.78 is 0. The van der Waals surface area contributed by atoms with E-state index in [2.05, 4.69) is 5.32 Å². The topological polar surface area (TPSA) is 72.2 Å². The van der Waals surface area contributed by atoms with Gasteiger partial charge in [0.2, 0.25) is 0 Å². The summed E-state index contributed by atoms with van der Waals surface area (Å²) >= 11 is 0. The number of nitrogens with two attached hydrogens (primary N) is 1. The molecular weight excluding hydrogens is 192 g/mol. The SMILES string of the molecule is CNC(CCCC[C@H](N)C(C)=O)C(C)=O. The molecule has 0 saturated carbocycles. The molecule has 88 valence electrons. The summed E-state index contributed by atoms with van der Waals surface area (Å²) in [5.41, 5.74) is 5.59. The molecule has 15 heavy (non-hydrogen) atoms. The van der Waals surface area contributed by atoms with Gasteiger partial charge >= 0.3 is 0 Å². The van der Waals surface area contributed by atoms with Crippen molar-refractivity contribution in [1.29, 1.82) is 0 Å². The van der Waals surface area contributed by atoms with Gasteiger partial charge in [0.25, 0.3) is 0 Å². The number of nitrogens with one attached hydrogen (secondary N) is 1. The van der Waals surface area contributed by atoms with Crippen LogP contribution in [0.15, 0.2) is 0 Å². The first kappa shape index (κ1) is 14.3. The summed E-state index contributed by atoms with van der Waals surface area (Å²) in [5.74, 6) is 0.195. The molecule has 0 aromatic heterocycles. The zero-order chi connectivity index (χ0) is 11.8. The Kier molecular flexibility index (Phi) is 7.17. The van der Waals surface area contributed by atoms with Gasteiger partial charge in [0.05, 0.1) is 12.1 Å². The van der Waals surface area contributed by atoms with Gasteiger partial charge in [-0.15, -0.1) is 0 Å². The van der Waals surface area contributed by atoms with E-state index in [-0.39, 0.29) is 23.7 Å². The van der Waals surface area contributed by atoms with Gasteiger partial charge in [0.1, 0.15) is 11.6 Å². The molecule has 0 aromatic carbocycles. The lowest BCUT2D eigenvalue weighted by Gasteiger charge is -2.12. The Balaban J connectivity index is 3.61. The average molecular weight is 214 g/mol. The predicted octanol–water partition coefficient (Wildman–Crippen LogP) is 0.640. The van der Waals surface area contributed by atoms with Gasteiger partial charge in [0, 0.05) is 0 Å². The third-order valence-electron chi connectivity index (χ3n) is 2.62. The number of rotatable bonds is 8. The van der Waals surface area contributed by atoms with Gasteiger partial charge in [-0.2, -0.15) is 0 Å². The number of likely N-dealkylation sites (N-methyl/N-ethyl adjacent to an activating group) is 1. The maximum absolute atomic E-state index is 11.1. The van der Waals surface area contributed by atoms with Gasteiger partial charge < -0.3 is 11.1 Å². The minimum atomic E-state index is -0.338. The number of hydrogen-bond acceptors (Lipinski definition) is 4. The fraction of sp³-hybridized carbons (Fsp3) is 0.818. The highest BCUT2D eigenvalue weighted by atomic mass is 16.1. The van der Waals surface area contributed by atoms with Crippen molar-refractivity contribution in [1.82, 2.24) is 5.32 Å². The molecule has 0 saturated heterocycles. The molecule has 4 nitrogen and oxygen atoms in total. The highest BCUT2D eigenvalue weighted by Gasteiger charge is 2.12. The van der Waals surface area contributed by atoms with Crippen LogP contribution in [0, 0.1) is 0 Å². The van der Waals surface area contributed by atoms with E-state index in [1.165, 1.54) is 6.92 Å². The molecule has 0 aliphatic rings. The quantitative estimate of drug-likeness (QED) is 0.582. The predicted molar refractivity (Wildman–Crippen MR) is 60.7 cm³/mol. The van der Waals surface area contributed by atoms with Gasteiger partial charge in [-0.25, -0.2) is 0 Å². The Hall–Kier alpha value is -0.740. The second-order valence-corrected chi connectivity index (χ2v) is 3.95. The van der Waals surface area contributed by atoms with Crippen molar-refractivity contribution >= 4 is 11.6 Å². The lowest BCUT2D eigenvalue weighted by molar-refractivity contribution is -0.119. The van der Waals surface area contributed by atoms with Crippen LogP contribution in [0.4, 0.5) is 0 Å². The molecule has 0 rings (SSSR count). The fourth-order valence-electron chi connectivity index (χ4n) is 1.47. The van der Waals surface area contributed by atoms with Gasteiger partial charge in [-0.1, -0.05) is 12.8 Å². The molecule has 0 radical (unpaired) electrons. The largest absolute Gasteiger partial charge is 0.322 e. The van der Waals surface area contributed by atoms with Crippen LogP contribution in [-0.4, -0.2) is 30.7 Å². The molecule has 0 aliphatic heterocycles. The first-order chi connectivity index (χ1) is 6.99. The second kappa shape index (κ2) is 7.54. The van der Waals surface area contributed by atoms with Crippen molar-refractivity contribution in [2.24, 2.45) is 5.73 Å². The first-order valence-corrected chi connectivity index (χ1v) is 5.42. The third kappa shape index (κ3) is 6.36. The standard InChI is InChI=1S/C11H22N2O2/c1-8(14)10(12)6-4-5-7-11(13-3)9(2)15/h10-11,13H,4-7,12H2,1-3H3/t10-,11?/m0/s1. The molecule has 0 aromatic rings. The van der Waals surface area contributed by atoms with Gasteiger partial charge in [0.15, 0.2) is 0 Å². The van der Waals surface area contributed by atoms with E-state index in [9.17, 15) is 9.59 Å². The lowest BCUT2D eigenvalue weighted by Crippen LogP contribution is -2.32. The number of hydrogen-bond donors (Lipinski definition) is 2. The van der Waals surface area contributed by atoms with Crippen LogP contribution in [0.2, 0.25) is 0 Å². The molecule has 0 heterocycles. The Labute approximate surface area is 91.6 Å². The minimum Gasteiger partial charge on any atom is -0.322 e. The van der Waals surface area contributed by atoms with E-state index in [0.29, 0.717) is 6.42 Å². The first-order valence-electron chi connectivity index (χ1n) is 5.42. The highest BCUT2D eigenvalue weighted by Crippen LogP contribution is 2.06. The summed E-state index contributed by atoms with van der Waals surface area (Å²) in [6.45, 7) is 3.10. The summed E-state index contributed by atoms with van der Waals surface area (Å²) in [4.78, 5) is 21.9. The number of Topliss-reactive ketones (excluding diaryl/α,β-unsaturated/α-hetero) is 2. The van der Waals surface area contributed by atoms with Crippen LogP contribution in [0.25, 0.3) is 0 Å². The zero-order valence-corrected chi connectivity index (χ0v) is 9.88. The monoisotopic (exact) mass is 214 g/mol. The average Bonchev–Trinajstić information content (AvgIpc) is 2.16. The molecule has 2 atom stereocenters. The smallest absolute Gasteiger partial charge is 0.146 e. The van der Waals surface area contributed by atoms with Crippen LogP contribution in [0.1, 0.15) is 39.5 Å². The van der Waals surface area contributed by atoms with E-state index in [1.54, 1.807) is 14.0 Å². The Bertz CT molecular complexity index is 217. The third-order valence-corrected chi connectivity index (χ3v) is 2.62. The van der Waals surface area contributed by atoms with Gasteiger partial charge in [-0.05, 0) is 33.7 Å². The van der Waals surface area contributed by atoms with E-state index in [0.717, 1.165) is 19.3 Å². The summed E-state index contributed by atoms with van der Waals surface area (Å²) in [5, 5.41) is 2.96. The van der Waals surface area contributed by atoms with Gasteiger partial charge in [-0.3, -0.25) is 9.59 Å². The number of carbonyl (C=O) groups excluding carboxylic acids is 2. The summed E-state index contributed by atoms with van der Waals surface area (Å²) in [6.07, 6.45) is 3.35. The van der Waals surface area contributed by atoms with E-state index in [4.69, 9.17) is 5.73 Å². The van der Waals surface area contributed by atoms with Crippen molar-refractivity contribution in [2.75, 3.05) is 7.05 Å². The van der Waals surface area contributed by atoms with Crippen molar-refractivity contribution in [3.63, 3.8) is 0 Å². The van der Waals surface area contributed by atoms with Crippen molar-refractivity contribution in [3.8, 4) is 0 Å².